The Hall–Kier alpha value is -0.822. The molecule has 52 valence electrons. The van der Waals surface area contributed by atoms with E-state index >= 15 is 0 Å². The SMILES string of the molecule is O=C(O)c1cncc([AsH2])c1. The van der Waals surface area contributed by atoms with Crippen LogP contribution in [0.25, 0.3) is 0 Å². The van der Waals surface area contributed by atoms with E-state index in [0.717, 1.165) is 4.35 Å². The van der Waals surface area contributed by atoms with Gasteiger partial charge in [-0.2, -0.15) is 0 Å². The number of hydrogen-bond acceptors (Lipinski definition) is 2. The van der Waals surface area contributed by atoms with Crippen LogP contribution in [-0.2, 0) is 0 Å². The normalized spacial score (nSPS) is 9.30. The van der Waals surface area contributed by atoms with E-state index in [2.05, 4.69) is 4.98 Å². The summed E-state index contributed by atoms with van der Waals surface area (Å²) in [4.78, 5) is 14.1. The van der Waals surface area contributed by atoms with Crippen molar-refractivity contribution in [2.24, 2.45) is 0 Å². The van der Waals surface area contributed by atoms with Crippen LogP contribution < -0.4 is 4.35 Å². The van der Waals surface area contributed by atoms with E-state index in [4.69, 9.17) is 5.11 Å². The van der Waals surface area contributed by atoms with Gasteiger partial charge in [-0.15, -0.1) is 0 Å². The van der Waals surface area contributed by atoms with Crippen molar-refractivity contribution in [3.05, 3.63) is 24.0 Å². The molecule has 1 heterocycles. The van der Waals surface area contributed by atoms with Gasteiger partial charge in [-0.3, -0.25) is 0 Å². The quantitative estimate of drug-likeness (QED) is 0.592. The molecule has 0 saturated heterocycles. The monoisotopic (exact) mass is 199 g/mol. The van der Waals surface area contributed by atoms with Crippen molar-refractivity contribution in [3.63, 3.8) is 0 Å². The third-order valence-electron chi connectivity index (χ3n) is 1.01. The summed E-state index contributed by atoms with van der Waals surface area (Å²) >= 11 is 1.37. The van der Waals surface area contributed by atoms with Crippen molar-refractivity contribution >= 4 is 27.2 Å². The Kier molecular flexibility index (Phi) is 2.07. The van der Waals surface area contributed by atoms with Crippen LogP contribution in [0.1, 0.15) is 10.4 Å². The maximum atomic E-state index is 10.3. The van der Waals surface area contributed by atoms with Crippen LogP contribution >= 0.6 is 0 Å². The van der Waals surface area contributed by atoms with Gasteiger partial charge in [0.25, 0.3) is 0 Å². The molecule has 10 heavy (non-hydrogen) atoms. The zero-order valence-electron chi connectivity index (χ0n) is 5.11. The van der Waals surface area contributed by atoms with Crippen molar-refractivity contribution in [2.75, 3.05) is 0 Å². The molecule has 0 saturated carbocycles. The summed E-state index contributed by atoms with van der Waals surface area (Å²) in [6.07, 6.45) is 2.98. The fraction of sp³-hybridized carbons (Fsp3) is 0. The number of carboxylic acid groups (broad SMARTS) is 1. The zero-order chi connectivity index (χ0) is 7.56. The Balaban J connectivity index is 3.07. The summed E-state index contributed by atoms with van der Waals surface area (Å²) in [7, 11) is 0. The van der Waals surface area contributed by atoms with Crippen LogP contribution in [0.15, 0.2) is 18.5 Å². The maximum absolute atomic E-state index is 10.3. The molecule has 0 aliphatic carbocycles. The van der Waals surface area contributed by atoms with Crippen molar-refractivity contribution in [1.82, 2.24) is 4.98 Å². The minimum atomic E-state index is -0.924. The Bertz CT molecular complexity index is 262. The standard InChI is InChI=1S/C6H6AsNO2/c7-5-1-4(6(9)10)2-8-3-5/h1-3H,7H2,(H,9,10). The Labute approximate surface area is 66.6 Å². The van der Waals surface area contributed by atoms with Crippen LogP contribution in [0, 0.1) is 0 Å². The fourth-order valence-electron chi connectivity index (χ4n) is 0.575. The van der Waals surface area contributed by atoms with Crippen LogP contribution in [-0.4, -0.2) is 32.9 Å². The molecule has 0 radical (unpaired) electrons. The molecular weight excluding hydrogens is 193 g/mol. The molecule has 3 nitrogen and oxygen atoms in total. The second-order valence-electron chi connectivity index (χ2n) is 1.81. The first kappa shape index (κ1) is 7.29. The average Bonchev–Trinajstić information content (AvgIpc) is 1.88. The van der Waals surface area contributed by atoms with Gasteiger partial charge in [0.05, 0.1) is 0 Å². The summed E-state index contributed by atoms with van der Waals surface area (Å²) in [6, 6.07) is 1.61. The molecule has 1 atom stereocenters. The van der Waals surface area contributed by atoms with Gasteiger partial charge < -0.3 is 0 Å². The first-order valence-electron chi connectivity index (χ1n) is 2.64. The molecule has 4 heteroatoms. The molecule has 0 amide bonds. The van der Waals surface area contributed by atoms with E-state index in [1.165, 1.54) is 23.0 Å². The third kappa shape index (κ3) is 1.58. The predicted molar refractivity (Wildman–Crippen MR) is 39.4 cm³/mol. The number of nitrogens with zero attached hydrogens (tertiary/aromatic N) is 1. The first-order valence-corrected chi connectivity index (χ1v) is 3.85. The predicted octanol–water partition coefficient (Wildman–Crippen LogP) is -0.962. The van der Waals surface area contributed by atoms with Crippen LogP contribution in [0.4, 0.5) is 0 Å². The zero-order valence-corrected chi connectivity index (χ0v) is 7.53. The van der Waals surface area contributed by atoms with Crippen molar-refractivity contribution in [2.45, 2.75) is 0 Å². The Morgan fingerprint density at radius 1 is 1.60 bits per heavy atom. The second kappa shape index (κ2) is 2.84. The van der Waals surface area contributed by atoms with Crippen molar-refractivity contribution in [3.8, 4) is 0 Å². The Morgan fingerprint density at radius 3 is 2.70 bits per heavy atom. The number of hydrogen-bond donors (Lipinski definition) is 1. The van der Waals surface area contributed by atoms with Crippen molar-refractivity contribution in [1.29, 1.82) is 0 Å². The van der Waals surface area contributed by atoms with Gasteiger partial charge in [0.1, 0.15) is 0 Å². The summed E-state index contributed by atoms with van der Waals surface area (Å²) in [6.45, 7) is 0. The molecule has 1 rings (SSSR count). The van der Waals surface area contributed by atoms with E-state index in [0.29, 0.717) is 0 Å². The number of carbonyl (C=O) groups is 1. The summed E-state index contributed by atoms with van der Waals surface area (Å²) in [5.74, 6) is -0.924. The molecule has 0 aliphatic rings. The van der Waals surface area contributed by atoms with Gasteiger partial charge in [0.15, 0.2) is 0 Å². The van der Waals surface area contributed by atoms with Gasteiger partial charge in [-0.25, -0.2) is 0 Å². The molecule has 0 aliphatic heterocycles. The van der Waals surface area contributed by atoms with Gasteiger partial charge in [-0.05, 0) is 0 Å². The molecule has 0 fully saturated rings. The fourth-order valence-corrected chi connectivity index (χ4v) is 1.13. The first-order chi connectivity index (χ1) is 4.70. The third-order valence-corrected chi connectivity index (χ3v) is 1.67. The summed E-state index contributed by atoms with van der Waals surface area (Å²) < 4.78 is 0.924. The van der Waals surface area contributed by atoms with Crippen LogP contribution in [0.2, 0.25) is 0 Å². The van der Waals surface area contributed by atoms with E-state index in [9.17, 15) is 4.79 Å². The summed E-state index contributed by atoms with van der Waals surface area (Å²) in [5, 5.41) is 8.48. The number of rotatable bonds is 1. The van der Waals surface area contributed by atoms with Crippen LogP contribution in [0.5, 0.6) is 0 Å². The van der Waals surface area contributed by atoms with Gasteiger partial charge in [-0.1, -0.05) is 0 Å². The summed E-state index contributed by atoms with van der Waals surface area (Å²) in [5.41, 5.74) is 0.252. The number of carboxylic acids is 1. The van der Waals surface area contributed by atoms with Gasteiger partial charge in [0.2, 0.25) is 0 Å². The van der Waals surface area contributed by atoms with Crippen molar-refractivity contribution < 1.29 is 9.90 Å². The molecule has 1 unspecified atom stereocenters. The molecule has 1 N–H and O–H groups in total. The molecule has 0 spiro atoms. The van der Waals surface area contributed by atoms with E-state index < -0.39 is 5.97 Å². The molecule has 0 bridgehead atoms. The molecule has 1 aromatic rings. The Morgan fingerprint density at radius 2 is 2.30 bits per heavy atom. The van der Waals surface area contributed by atoms with Crippen LogP contribution in [0.3, 0.4) is 0 Å². The average molecular weight is 199 g/mol. The number of aromatic nitrogens is 1. The van der Waals surface area contributed by atoms with E-state index in [-0.39, 0.29) is 5.56 Å². The molecule has 0 aromatic carbocycles. The van der Waals surface area contributed by atoms with E-state index in [1.54, 1.807) is 12.3 Å². The minimum absolute atomic E-state index is 0.252. The second-order valence-corrected chi connectivity index (χ2v) is 3.21. The topological polar surface area (TPSA) is 50.2 Å². The molecular formula is C6H6AsNO2. The number of aromatic carboxylic acids is 1. The van der Waals surface area contributed by atoms with Gasteiger partial charge >= 0.3 is 66.1 Å². The van der Waals surface area contributed by atoms with Gasteiger partial charge in [0, 0.05) is 0 Å². The van der Waals surface area contributed by atoms with E-state index in [1.807, 2.05) is 0 Å². The number of pyridine rings is 1. The molecule has 1 aromatic heterocycles.